The number of nitrogens with one attached hydrogen (secondary N) is 1. The van der Waals surface area contributed by atoms with Crippen LogP contribution in [0.25, 0.3) is 5.69 Å². The van der Waals surface area contributed by atoms with Gasteiger partial charge in [-0.25, -0.2) is 4.98 Å². The molecule has 28 heavy (non-hydrogen) atoms. The van der Waals surface area contributed by atoms with Crippen molar-refractivity contribution < 1.29 is 4.79 Å². The smallest absolute Gasteiger partial charge is 0.223 e. The van der Waals surface area contributed by atoms with Crippen LogP contribution in [0, 0.1) is 0 Å². The predicted octanol–water partition coefficient (Wildman–Crippen LogP) is 3.57. The number of thioether (sulfide) groups is 1. The van der Waals surface area contributed by atoms with Crippen LogP contribution < -0.4 is 5.32 Å². The van der Waals surface area contributed by atoms with Gasteiger partial charge in [0.2, 0.25) is 5.91 Å². The zero-order valence-electron chi connectivity index (χ0n) is 15.7. The maximum atomic E-state index is 11.2. The maximum Gasteiger partial charge on any atom is 0.223 e. The minimum atomic E-state index is -0.107. The normalized spacial score (nSPS) is 14.5. The zero-order chi connectivity index (χ0) is 19.3. The lowest BCUT2D eigenvalue weighted by molar-refractivity contribution is -0.114. The molecule has 3 aromatic rings. The van der Waals surface area contributed by atoms with Gasteiger partial charge in [0.15, 0.2) is 16.1 Å². The Morgan fingerprint density at radius 2 is 2.00 bits per heavy atom. The number of anilines is 1. The van der Waals surface area contributed by atoms with Crippen LogP contribution in [0.3, 0.4) is 0 Å². The van der Waals surface area contributed by atoms with Crippen molar-refractivity contribution in [3.05, 3.63) is 47.2 Å². The van der Waals surface area contributed by atoms with Crippen molar-refractivity contribution in [1.29, 1.82) is 0 Å². The molecule has 9 heteroatoms. The second-order valence-electron chi connectivity index (χ2n) is 6.67. The number of rotatable bonds is 7. The third kappa shape index (κ3) is 4.60. The summed E-state index contributed by atoms with van der Waals surface area (Å²) >= 11 is 3.04. The lowest BCUT2D eigenvalue weighted by atomic mass is 10.3. The fourth-order valence-electron chi connectivity index (χ4n) is 3.19. The average Bonchev–Trinajstić information content (AvgIpc) is 3.42. The molecule has 1 aliphatic rings. The standard InChI is InChI=1S/C19H22N6OS2/c1-14(26)20-18-21-15(12-27-18)13-28-19-23-22-17(11-24-9-5-6-10-24)25(19)16-7-3-2-4-8-16/h2-4,7-8,12H,5-6,9-11,13H2,1H3,(H,20,21,26). The first kappa shape index (κ1) is 19.1. The minimum absolute atomic E-state index is 0.107. The predicted molar refractivity (Wildman–Crippen MR) is 112 cm³/mol. The van der Waals surface area contributed by atoms with Crippen LogP contribution in [0.5, 0.6) is 0 Å². The largest absolute Gasteiger partial charge is 0.302 e. The summed E-state index contributed by atoms with van der Waals surface area (Å²) in [6, 6.07) is 10.2. The molecule has 1 saturated heterocycles. The highest BCUT2D eigenvalue weighted by Gasteiger charge is 2.19. The molecule has 146 valence electrons. The third-order valence-electron chi connectivity index (χ3n) is 4.46. The minimum Gasteiger partial charge on any atom is -0.302 e. The van der Waals surface area contributed by atoms with Gasteiger partial charge in [0, 0.05) is 23.7 Å². The highest BCUT2D eigenvalue weighted by atomic mass is 32.2. The summed E-state index contributed by atoms with van der Waals surface area (Å²) in [6.45, 7) is 4.54. The monoisotopic (exact) mass is 414 g/mol. The molecule has 1 N–H and O–H groups in total. The number of likely N-dealkylation sites (tertiary alicyclic amines) is 1. The number of hydrogen-bond donors (Lipinski definition) is 1. The van der Waals surface area contributed by atoms with Crippen molar-refractivity contribution in [2.24, 2.45) is 0 Å². The van der Waals surface area contributed by atoms with Gasteiger partial charge in [-0.3, -0.25) is 14.3 Å². The van der Waals surface area contributed by atoms with E-state index in [9.17, 15) is 4.79 Å². The number of benzene rings is 1. The number of amides is 1. The Labute approximate surface area is 172 Å². The number of carbonyl (C=O) groups is 1. The van der Waals surface area contributed by atoms with Gasteiger partial charge in [-0.15, -0.1) is 21.5 Å². The quantitative estimate of drug-likeness (QED) is 0.596. The van der Waals surface area contributed by atoms with Crippen LogP contribution in [-0.4, -0.2) is 43.6 Å². The van der Waals surface area contributed by atoms with Crippen molar-refractivity contribution in [3.8, 4) is 5.69 Å². The molecular weight excluding hydrogens is 392 g/mol. The van der Waals surface area contributed by atoms with E-state index in [1.54, 1.807) is 11.8 Å². The van der Waals surface area contributed by atoms with E-state index in [0.29, 0.717) is 10.9 Å². The van der Waals surface area contributed by atoms with Crippen LogP contribution in [0.2, 0.25) is 0 Å². The van der Waals surface area contributed by atoms with Gasteiger partial charge in [0.1, 0.15) is 0 Å². The first-order valence-electron chi connectivity index (χ1n) is 9.26. The number of carbonyl (C=O) groups excluding carboxylic acids is 1. The summed E-state index contributed by atoms with van der Waals surface area (Å²) < 4.78 is 2.14. The zero-order valence-corrected chi connectivity index (χ0v) is 17.3. The second kappa shape index (κ2) is 8.85. The Morgan fingerprint density at radius 3 is 2.75 bits per heavy atom. The molecule has 0 radical (unpaired) electrons. The van der Waals surface area contributed by atoms with Gasteiger partial charge in [0.25, 0.3) is 0 Å². The first-order chi connectivity index (χ1) is 13.7. The van der Waals surface area contributed by atoms with Gasteiger partial charge in [-0.1, -0.05) is 30.0 Å². The highest BCUT2D eigenvalue weighted by molar-refractivity contribution is 7.98. The van der Waals surface area contributed by atoms with E-state index in [1.807, 2.05) is 23.6 Å². The van der Waals surface area contributed by atoms with Crippen molar-refractivity contribution in [2.75, 3.05) is 18.4 Å². The molecular formula is C19H22N6OS2. The van der Waals surface area contributed by atoms with Gasteiger partial charge in [-0.05, 0) is 38.1 Å². The van der Waals surface area contributed by atoms with Crippen LogP contribution in [0.4, 0.5) is 5.13 Å². The van der Waals surface area contributed by atoms with E-state index >= 15 is 0 Å². The molecule has 0 bridgehead atoms. The van der Waals surface area contributed by atoms with E-state index in [2.05, 4.69) is 42.1 Å². The van der Waals surface area contributed by atoms with Gasteiger partial charge in [-0.2, -0.15) is 0 Å². The molecule has 0 spiro atoms. The third-order valence-corrected chi connectivity index (χ3v) is 6.23. The average molecular weight is 415 g/mol. The highest BCUT2D eigenvalue weighted by Crippen LogP contribution is 2.27. The van der Waals surface area contributed by atoms with Gasteiger partial charge >= 0.3 is 0 Å². The van der Waals surface area contributed by atoms with Crippen LogP contribution in [0.15, 0.2) is 40.9 Å². The number of hydrogen-bond acceptors (Lipinski definition) is 7. The molecule has 0 atom stereocenters. The summed E-state index contributed by atoms with van der Waals surface area (Å²) in [7, 11) is 0. The molecule has 7 nitrogen and oxygen atoms in total. The number of thiazole rings is 1. The lowest BCUT2D eigenvalue weighted by Crippen LogP contribution is -2.21. The molecule has 0 aliphatic carbocycles. The van der Waals surface area contributed by atoms with Gasteiger partial charge in [0.05, 0.1) is 12.2 Å². The molecule has 1 aromatic carbocycles. The van der Waals surface area contributed by atoms with E-state index in [-0.39, 0.29) is 5.91 Å². The van der Waals surface area contributed by atoms with E-state index in [4.69, 9.17) is 0 Å². The van der Waals surface area contributed by atoms with Crippen molar-refractivity contribution in [3.63, 3.8) is 0 Å². The van der Waals surface area contributed by atoms with E-state index < -0.39 is 0 Å². The molecule has 0 unspecified atom stereocenters. The molecule has 1 aliphatic heterocycles. The van der Waals surface area contributed by atoms with E-state index in [0.717, 1.165) is 42.0 Å². The summed E-state index contributed by atoms with van der Waals surface area (Å²) in [4.78, 5) is 18.1. The summed E-state index contributed by atoms with van der Waals surface area (Å²) in [5.74, 6) is 1.53. The molecule has 1 fully saturated rings. The SMILES string of the molecule is CC(=O)Nc1nc(CSc2nnc(CN3CCCC3)n2-c2ccccc2)cs1. The van der Waals surface area contributed by atoms with Gasteiger partial charge < -0.3 is 5.32 Å². The number of para-hydroxylation sites is 1. The maximum absolute atomic E-state index is 11.2. The Bertz CT molecular complexity index is 933. The number of aromatic nitrogens is 4. The lowest BCUT2D eigenvalue weighted by Gasteiger charge is -2.15. The Morgan fingerprint density at radius 1 is 1.21 bits per heavy atom. The fourth-order valence-corrected chi connectivity index (χ4v) is 4.92. The summed E-state index contributed by atoms with van der Waals surface area (Å²) in [5.41, 5.74) is 1.99. The fraction of sp³-hybridized carbons (Fsp3) is 0.368. The number of nitrogens with zero attached hydrogens (tertiary/aromatic N) is 5. The Kier molecular flexibility index (Phi) is 6.04. The molecule has 1 amide bonds. The van der Waals surface area contributed by atoms with Crippen LogP contribution in [0.1, 0.15) is 31.3 Å². The van der Waals surface area contributed by atoms with Crippen molar-refractivity contribution in [2.45, 2.75) is 37.2 Å². The van der Waals surface area contributed by atoms with Crippen LogP contribution >= 0.6 is 23.1 Å². The second-order valence-corrected chi connectivity index (χ2v) is 8.47. The molecule has 2 aromatic heterocycles. The van der Waals surface area contributed by atoms with E-state index in [1.165, 1.54) is 31.1 Å². The van der Waals surface area contributed by atoms with Crippen molar-refractivity contribution in [1.82, 2.24) is 24.6 Å². The van der Waals surface area contributed by atoms with Crippen LogP contribution in [-0.2, 0) is 17.1 Å². The molecule has 0 saturated carbocycles. The van der Waals surface area contributed by atoms with Crippen molar-refractivity contribution >= 4 is 34.1 Å². The molecule has 4 rings (SSSR count). The Hall–Kier alpha value is -2.23. The summed E-state index contributed by atoms with van der Waals surface area (Å²) in [6.07, 6.45) is 2.50. The topological polar surface area (TPSA) is 75.9 Å². The summed E-state index contributed by atoms with van der Waals surface area (Å²) in [5, 5.41) is 15.1. The molecule has 3 heterocycles. The first-order valence-corrected chi connectivity index (χ1v) is 11.1. The Balaban J connectivity index is 1.53.